The molecule has 2 aromatic carbocycles. The van der Waals surface area contributed by atoms with Gasteiger partial charge in [-0.15, -0.1) is 10.2 Å². The van der Waals surface area contributed by atoms with Crippen molar-refractivity contribution in [1.82, 2.24) is 14.8 Å². The van der Waals surface area contributed by atoms with Crippen LogP contribution in [0, 0.1) is 5.82 Å². The Morgan fingerprint density at radius 3 is 2.39 bits per heavy atom. The van der Waals surface area contributed by atoms with Gasteiger partial charge in [-0.1, -0.05) is 25.0 Å². The van der Waals surface area contributed by atoms with Gasteiger partial charge in [-0.2, -0.15) is 0 Å². The molecule has 4 rings (SSSR count). The van der Waals surface area contributed by atoms with Gasteiger partial charge in [-0.25, -0.2) is 4.39 Å². The van der Waals surface area contributed by atoms with Gasteiger partial charge < -0.3 is 9.88 Å². The van der Waals surface area contributed by atoms with Crippen molar-refractivity contribution >= 4 is 23.4 Å². The number of hydrogen-bond acceptors (Lipinski definition) is 4. The lowest BCUT2D eigenvalue weighted by molar-refractivity contribution is -0.121. The van der Waals surface area contributed by atoms with Crippen LogP contribution in [0.2, 0.25) is 0 Å². The molecule has 0 radical (unpaired) electrons. The van der Waals surface area contributed by atoms with Gasteiger partial charge in [-0.3, -0.25) is 4.79 Å². The maximum Gasteiger partial charge on any atom is 0.235 e. The highest BCUT2D eigenvalue weighted by Gasteiger charge is 2.42. The van der Waals surface area contributed by atoms with Crippen molar-refractivity contribution in [2.75, 3.05) is 5.32 Å². The average Bonchev–Trinajstić information content (AvgIpc) is 3.34. The molecule has 5 nitrogen and oxygen atoms in total. The Bertz CT molecular complexity index is 963. The zero-order valence-electron chi connectivity index (χ0n) is 15.6. The Morgan fingerprint density at radius 1 is 1.11 bits per heavy atom. The Labute approximate surface area is 167 Å². The van der Waals surface area contributed by atoms with Crippen molar-refractivity contribution < 1.29 is 9.18 Å². The first kappa shape index (κ1) is 18.7. The van der Waals surface area contributed by atoms with Crippen molar-refractivity contribution in [3.8, 4) is 0 Å². The maximum atomic E-state index is 13.3. The van der Waals surface area contributed by atoms with Gasteiger partial charge in [0.05, 0.1) is 5.41 Å². The van der Waals surface area contributed by atoms with E-state index < -0.39 is 5.41 Å². The van der Waals surface area contributed by atoms with Crippen LogP contribution in [0.25, 0.3) is 0 Å². The summed E-state index contributed by atoms with van der Waals surface area (Å²) in [5, 5.41) is 11.8. The first-order valence-electron chi connectivity index (χ1n) is 9.26. The number of nitrogens with zero attached hydrogens (tertiary/aromatic N) is 3. The van der Waals surface area contributed by atoms with Crippen LogP contribution in [0.5, 0.6) is 0 Å². The molecule has 0 aliphatic heterocycles. The molecule has 28 heavy (non-hydrogen) atoms. The number of aromatic nitrogens is 3. The second kappa shape index (κ2) is 7.75. The largest absolute Gasteiger partial charge is 0.325 e. The summed E-state index contributed by atoms with van der Waals surface area (Å²) in [6.45, 7) is 0. The van der Waals surface area contributed by atoms with Gasteiger partial charge in [0.2, 0.25) is 5.91 Å². The first-order chi connectivity index (χ1) is 13.6. The zero-order valence-corrected chi connectivity index (χ0v) is 16.4. The van der Waals surface area contributed by atoms with Gasteiger partial charge in [-0.05, 0) is 66.6 Å². The van der Waals surface area contributed by atoms with Crippen molar-refractivity contribution in [1.29, 1.82) is 0 Å². The van der Waals surface area contributed by atoms with E-state index in [9.17, 15) is 9.18 Å². The van der Waals surface area contributed by atoms with E-state index in [4.69, 9.17) is 0 Å². The molecular weight excluding hydrogens is 375 g/mol. The van der Waals surface area contributed by atoms with E-state index in [1.54, 1.807) is 18.5 Å². The van der Waals surface area contributed by atoms with E-state index in [2.05, 4.69) is 15.5 Å². The average molecular weight is 396 g/mol. The molecule has 0 spiro atoms. The fourth-order valence-corrected chi connectivity index (χ4v) is 4.48. The van der Waals surface area contributed by atoms with E-state index in [0.717, 1.165) is 47.0 Å². The van der Waals surface area contributed by atoms with Crippen LogP contribution in [0.15, 0.2) is 64.9 Å². The standard InChI is InChI=1S/C21H21FN4OS/c1-26-14-23-25-20(26)28-18-10-8-17(9-11-18)24-19(27)21(12-2-3-13-21)15-4-6-16(22)7-5-15/h4-11,14H,2-3,12-13H2,1H3,(H,24,27). The second-order valence-electron chi connectivity index (χ2n) is 7.10. The van der Waals surface area contributed by atoms with Crippen LogP contribution in [0.4, 0.5) is 10.1 Å². The predicted molar refractivity (Wildman–Crippen MR) is 107 cm³/mol. The first-order valence-corrected chi connectivity index (χ1v) is 10.1. The topological polar surface area (TPSA) is 59.8 Å². The monoisotopic (exact) mass is 396 g/mol. The highest BCUT2D eigenvalue weighted by molar-refractivity contribution is 7.99. The van der Waals surface area contributed by atoms with Crippen LogP contribution in [-0.2, 0) is 17.3 Å². The fourth-order valence-electron chi connectivity index (χ4n) is 3.72. The summed E-state index contributed by atoms with van der Waals surface area (Å²) in [5.41, 5.74) is 1.05. The van der Waals surface area contributed by atoms with E-state index in [0.29, 0.717) is 0 Å². The van der Waals surface area contributed by atoms with Gasteiger partial charge in [0.1, 0.15) is 12.1 Å². The van der Waals surface area contributed by atoms with Crippen LogP contribution >= 0.6 is 11.8 Å². The molecule has 0 atom stereocenters. The number of carbonyl (C=O) groups excluding carboxylic acids is 1. The highest BCUT2D eigenvalue weighted by Crippen LogP contribution is 2.42. The van der Waals surface area contributed by atoms with E-state index in [1.807, 2.05) is 35.9 Å². The Morgan fingerprint density at radius 2 is 1.79 bits per heavy atom. The number of amides is 1. The SMILES string of the molecule is Cn1cnnc1Sc1ccc(NC(=O)C2(c3ccc(F)cc3)CCCC2)cc1. The van der Waals surface area contributed by atoms with Gasteiger partial charge >= 0.3 is 0 Å². The van der Waals surface area contributed by atoms with Gasteiger partial charge in [0.15, 0.2) is 5.16 Å². The van der Waals surface area contributed by atoms with Crippen molar-refractivity contribution in [2.24, 2.45) is 7.05 Å². The molecule has 0 bridgehead atoms. The molecule has 1 aromatic heterocycles. The molecule has 1 aliphatic rings. The fraction of sp³-hybridized carbons (Fsp3) is 0.286. The van der Waals surface area contributed by atoms with Crippen LogP contribution in [0.1, 0.15) is 31.2 Å². The molecule has 1 N–H and O–H groups in total. The Kier molecular flexibility index (Phi) is 5.17. The number of benzene rings is 2. The summed E-state index contributed by atoms with van der Waals surface area (Å²) in [6, 6.07) is 14.0. The van der Waals surface area contributed by atoms with Crippen LogP contribution < -0.4 is 5.32 Å². The summed E-state index contributed by atoms with van der Waals surface area (Å²) in [5.74, 6) is -0.307. The molecule has 1 heterocycles. The van der Waals surface area contributed by atoms with E-state index >= 15 is 0 Å². The molecule has 3 aromatic rings. The Hall–Kier alpha value is -2.67. The number of aryl methyl sites for hydroxylation is 1. The summed E-state index contributed by atoms with van der Waals surface area (Å²) in [7, 11) is 1.90. The van der Waals surface area contributed by atoms with Crippen LogP contribution in [0.3, 0.4) is 0 Å². The zero-order chi connectivity index (χ0) is 19.6. The minimum Gasteiger partial charge on any atom is -0.325 e. The molecule has 1 saturated carbocycles. The molecule has 0 unspecified atom stereocenters. The number of anilines is 1. The summed E-state index contributed by atoms with van der Waals surface area (Å²) in [4.78, 5) is 14.2. The molecule has 1 fully saturated rings. The summed E-state index contributed by atoms with van der Waals surface area (Å²) < 4.78 is 15.2. The number of nitrogens with one attached hydrogen (secondary N) is 1. The lowest BCUT2D eigenvalue weighted by atomic mass is 9.78. The number of halogens is 1. The predicted octanol–water partition coefficient (Wildman–Crippen LogP) is 4.56. The summed E-state index contributed by atoms with van der Waals surface area (Å²) in [6.07, 6.45) is 5.22. The van der Waals surface area contributed by atoms with Gasteiger partial charge in [0.25, 0.3) is 0 Å². The molecule has 7 heteroatoms. The third-order valence-corrected chi connectivity index (χ3v) is 6.34. The lowest BCUT2D eigenvalue weighted by Gasteiger charge is -2.28. The third-order valence-electron chi connectivity index (χ3n) is 5.28. The lowest BCUT2D eigenvalue weighted by Crippen LogP contribution is -2.38. The normalized spacial score (nSPS) is 15.5. The quantitative estimate of drug-likeness (QED) is 0.687. The van der Waals surface area contributed by atoms with E-state index in [-0.39, 0.29) is 11.7 Å². The molecule has 0 saturated heterocycles. The van der Waals surface area contributed by atoms with Crippen molar-refractivity contribution in [3.63, 3.8) is 0 Å². The number of hydrogen-bond donors (Lipinski definition) is 1. The van der Waals surface area contributed by atoms with Crippen LogP contribution in [-0.4, -0.2) is 20.7 Å². The van der Waals surface area contributed by atoms with Crippen molar-refractivity contribution in [2.45, 2.75) is 41.2 Å². The van der Waals surface area contributed by atoms with Crippen molar-refractivity contribution in [3.05, 3.63) is 66.2 Å². The van der Waals surface area contributed by atoms with Gasteiger partial charge in [0, 0.05) is 17.6 Å². The smallest absolute Gasteiger partial charge is 0.235 e. The van der Waals surface area contributed by atoms with E-state index in [1.165, 1.54) is 23.9 Å². The second-order valence-corrected chi connectivity index (χ2v) is 8.14. The minimum absolute atomic E-state index is 0.0229. The summed E-state index contributed by atoms with van der Waals surface area (Å²) >= 11 is 1.51. The third kappa shape index (κ3) is 3.67. The molecule has 144 valence electrons. The molecular formula is C21H21FN4OS. The molecule has 1 amide bonds. The Balaban J connectivity index is 1.50. The number of rotatable bonds is 5. The number of carbonyl (C=O) groups is 1. The molecule has 1 aliphatic carbocycles. The minimum atomic E-state index is -0.584. The highest BCUT2D eigenvalue weighted by atomic mass is 32.2. The maximum absolute atomic E-state index is 13.3.